The number of nitrogens with zero attached hydrogens (tertiary/aromatic N) is 1. The van der Waals surface area contributed by atoms with Gasteiger partial charge in [-0.25, -0.2) is 4.98 Å². The quantitative estimate of drug-likeness (QED) is 0.341. The van der Waals surface area contributed by atoms with Crippen LogP contribution in [0.5, 0.6) is 5.75 Å². The van der Waals surface area contributed by atoms with Crippen molar-refractivity contribution in [2.45, 2.75) is 77.7 Å². The molecule has 1 aromatic heterocycles. The van der Waals surface area contributed by atoms with Crippen LogP contribution in [0.15, 0.2) is 35.9 Å². The number of aromatic nitrogens is 1. The minimum absolute atomic E-state index is 0.0596. The van der Waals surface area contributed by atoms with E-state index >= 15 is 0 Å². The van der Waals surface area contributed by atoms with Crippen LogP contribution in [-0.4, -0.2) is 33.6 Å². The normalized spacial score (nSPS) is 17.7. The van der Waals surface area contributed by atoms with Crippen molar-refractivity contribution in [1.29, 1.82) is 0 Å². The molecule has 0 aliphatic heterocycles. The second-order valence-corrected chi connectivity index (χ2v) is 11.7. The number of rotatable bonds is 9. The van der Waals surface area contributed by atoms with Gasteiger partial charge in [0.05, 0.1) is 23.4 Å². The van der Waals surface area contributed by atoms with Gasteiger partial charge < -0.3 is 14.9 Å². The number of halogens is 4. The monoisotopic (exact) mass is 543 g/mol. The number of benzene rings is 1. The van der Waals surface area contributed by atoms with Gasteiger partial charge in [0.25, 0.3) is 0 Å². The van der Waals surface area contributed by atoms with Crippen LogP contribution in [0.4, 0.5) is 13.2 Å². The van der Waals surface area contributed by atoms with Crippen LogP contribution >= 0.6 is 22.9 Å². The summed E-state index contributed by atoms with van der Waals surface area (Å²) >= 11 is 7.84. The van der Waals surface area contributed by atoms with Gasteiger partial charge in [0.2, 0.25) is 0 Å². The smallest absolute Gasteiger partial charge is 0.412 e. The van der Waals surface area contributed by atoms with Crippen molar-refractivity contribution >= 4 is 28.5 Å². The first-order valence-corrected chi connectivity index (χ1v) is 13.2. The van der Waals surface area contributed by atoms with Crippen LogP contribution in [0.1, 0.15) is 80.6 Å². The Kier molecular flexibility index (Phi) is 8.97. The van der Waals surface area contributed by atoms with Crippen molar-refractivity contribution in [1.82, 2.24) is 4.98 Å². The van der Waals surface area contributed by atoms with Gasteiger partial charge in [-0.2, -0.15) is 13.2 Å². The second kappa shape index (κ2) is 11.3. The fraction of sp³-hybridized carbons (Fsp3) is 0.519. The third kappa shape index (κ3) is 6.91. The Bertz CT molecular complexity index is 1140. The molecule has 1 aliphatic rings. The summed E-state index contributed by atoms with van der Waals surface area (Å²) in [6, 6.07) is 5.09. The predicted octanol–water partition coefficient (Wildman–Crippen LogP) is 7.65. The topological polar surface area (TPSA) is 62.6 Å². The number of aryl methyl sites for hydroxylation is 1. The van der Waals surface area contributed by atoms with E-state index in [4.69, 9.17) is 21.3 Å². The highest BCUT2D eigenvalue weighted by atomic mass is 35.5. The molecule has 36 heavy (non-hydrogen) atoms. The number of allylic oxidation sites excluding steroid dienone is 4. The van der Waals surface area contributed by atoms with Gasteiger partial charge in [-0.3, -0.25) is 0 Å². The average Bonchev–Trinajstić information content (AvgIpc) is 3.22. The average molecular weight is 544 g/mol. The Balaban J connectivity index is 1.76. The molecule has 198 valence electrons. The van der Waals surface area contributed by atoms with E-state index in [1.165, 1.54) is 11.3 Å². The molecule has 0 saturated carbocycles. The second-order valence-electron chi connectivity index (χ2n) is 10.2. The Morgan fingerprint density at radius 1 is 1.22 bits per heavy atom. The fourth-order valence-corrected chi connectivity index (χ4v) is 5.64. The van der Waals surface area contributed by atoms with Crippen LogP contribution < -0.4 is 4.74 Å². The van der Waals surface area contributed by atoms with E-state index in [-0.39, 0.29) is 24.9 Å². The molecule has 0 bridgehead atoms. The number of hydrogen-bond acceptors (Lipinski definition) is 5. The maximum Gasteiger partial charge on any atom is 0.412 e. The van der Waals surface area contributed by atoms with Gasteiger partial charge in [-0.15, -0.1) is 11.3 Å². The van der Waals surface area contributed by atoms with Crippen LogP contribution in [0.3, 0.4) is 0 Å². The van der Waals surface area contributed by atoms with Gasteiger partial charge in [0, 0.05) is 10.5 Å². The first-order chi connectivity index (χ1) is 16.7. The number of thiazole rings is 1. The zero-order valence-corrected chi connectivity index (χ0v) is 22.7. The molecule has 2 unspecified atom stereocenters. The van der Waals surface area contributed by atoms with Crippen LogP contribution in [0, 0.1) is 5.92 Å². The number of ether oxygens (including phenoxy) is 1. The van der Waals surface area contributed by atoms with Crippen LogP contribution in [-0.2, 0) is 6.42 Å². The molecular weight excluding hydrogens is 511 g/mol. The molecule has 0 fully saturated rings. The van der Waals surface area contributed by atoms with E-state index in [2.05, 4.69) is 0 Å². The lowest BCUT2D eigenvalue weighted by molar-refractivity contribution is -0.0948. The van der Waals surface area contributed by atoms with Crippen molar-refractivity contribution in [2.24, 2.45) is 5.92 Å². The first kappa shape index (κ1) is 28.7. The summed E-state index contributed by atoms with van der Waals surface area (Å²) in [4.78, 5) is 5.81. The van der Waals surface area contributed by atoms with Crippen molar-refractivity contribution < 1.29 is 28.1 Å². The van der Waals surface area contributed by atoms with Gasteiger partial charge in [0.15, 0.2) is 0 Å². The van der Waals surface area contributed by atoms with Gasteiger partial charge in [-0.1, -0.05) is 50.6 Å². The fourth-order valence-electron chi connectivity index (χ4n) is 4.04. The molecule has 1 heterocycles. The first-order valence-electron chi connectivity index (χ1n) is 12.0. The van der Waals surface area contributed by atoms with E-state index in [9.17, 15) is 23.4 Å². The lowest BCUT2D eigenvalue weighted by Gasteiger charge is -2.25. The molecule has 2 aromatic rings. The number of hydrogen-bond donors (Lipinski definition) is 2. The molecule has 3 rings (SSSR count). The summed E-state index contributed by atoms with van der Waals surface area (Å²) < 4.78 is 45.1. The summed E-state index contributed by atoms with van der Waals surface area (Å²) in [5, 5.41) is 21.3. The molecular formula is C27H33ClF3NO3S. The highest BCUT2D eigenvalue weighted by Crippen LogP contribution is 2.41. The summed E-state index contributed by atoms with van der Waals surface area (Å²) in [5.74, 6) is 0.289. The Morgan fingerprint density at radius 3 is 2.47 bits per heavy atom. The Hall–Kier alpha value is -1.87. The van der Waals surface area contributed by atoms with Gasteiger partial charge in [0.1, 0.15) is 16.4 Å². The minimum atomic E-state index is -4.31. The highest BCUT2D eigenvalue weighted by molar-refractivity contribution is 7.12. The summed E-state index contributed by atoms with van der Waals surface area (Å²) in [6.45, 7) is 9.19. The number of aliphatic hydroxyl groups excluding tert-OH is 2. The van der Waals surface area contributed by atoms with Crippen molar-refractivity contribution in [3.05, 3.63) is 62.1 Å². The van der Waals surface area contributed by atoms with Crippen molar-refractivity contribution in [3.63, 3.8) is 0 Å². The standard InChI is InChI=1S/C27H33ClF3NO3S/c1-15(2)24-23(36-25(32-24)19-8-7-18(12-16(19)3)27(29,30)31)11-9-21(34)17-6-10-22(20(28)13-17)35-26(4,5)14-33/h6-8,10,13,15-16,21,33-34H,9,11-12,14H2,1-5H3. The molecule has 0 radical (unpaired) electrons. The highest BCUT2D eigenvalue weighted by Gasteiger charge is 2.36. The van der Waals surface area contributed by atoms with Crippen LogP contribution in [0.2, 0.25) is 5.02 Å². The summed E-state index contributed by atoms with van der Waals surface area (Å²) in [5.41, 5.74) is 1.08. The summed E-state index contributed by atoms with van der Waals surface area (Å²) in [6.07, 6.45) is -1.42. The third-order valence-electron chi connectivity index (χ3n) is 6.16. The van der Waals surface area contributed by atoms with E-state index < -0.39 is 23.5 Å². The van der Waals surface area contributed by atoms with E-state index in [0.717, 1.165) is 27.2 Å². The minimum Gasteiger partial charge on any atom is -0.484 e. The Labute approximate surface area is 219 Å². The maximum absolute atomic E-state index is 13.1. The lowest BCUT2D eigenvalue weighted by Crippen LogP contribution is -2.32. The zero-order chi connectivity index (χ0) is 26.8. The molecule has 0 amide bonds. The lowest BCUT2D eigenvalue weighted by atomic mass is 9.88. The van der Waals surface area contributed by atoms with Crippen molar-refractivity contribution in [3.8, 4) is 5.75 Å². The van der Waals surface area contributed by atoms with Gasteiger partial charge in [-0.05, 0) is 68.2 Å². The molecule has 9 heteroatoms. The number of aliphatic hydroxyl groups is 2. The molecule has 0 spiro atoms. The predicted molar refractivity (Wildman–Crippen MR) is 139 cm³/mol. The SMILES string of the molecule is CC1CC(C(F)(F)F)=CC=C1c1nc(C(C)C)c(CCC(O)c2ccc(OC(C)(C)CO)c(Cl)c2)s1. The number of alkyl halides is 3. The molecule has 1 aliphatic carbocycles. The van der Waals surface area contributed by atoms with E-state index in [0.29, 0.717) is 29.2 Å². The van der Waals surface area contributed by atoms with Crippen LogP contribution in [0.25, 0.3) is 5.57 Å². The largest absolute Gasteiger partial charge is 0.484 e. The van der Waals surface area contributed by atoms with Crippen molar-refractivity contribution in [2.75, 3.05) is 6.61 Å². The van der Waals surface area contributed by atoms with E-state index in [1.54, 1.807) is 45.0 Å². The maximum atomic E-state index is 13.1. The molecule has 4 nitrogen and oxygen atoms in total. The zero-order valence-electron chi connectivity index (χ0n) is 21.1. The summed E-state index contributed by atoms with van der Waals surface area (Å²) in [7, 11) is 0. The third-order valence-corrected chi connectivity index (χ3v) is 7.63. The molecule has 2 atom stereocenters. The Morgan fingerprint density at radius 2 is 1.92 bits per heavy atom. The molecule has 2 N–H and O–H groups in total. The van der Waals surface area contributed by atoms with E-state index in [1.807, 2.05) is 13.8 Å². The molecule has 1 aromatic carbocycles. The molecule has 0 saturated heterocycles. The van der Waals surface area contributed by atoms with Gasteiger partial charge >= 0.3 is 6.18 Å².